The lowest BCUT2D eigenvalue weighted by molar-refractivity contribution is -0.140. The first-order valence-corrected chi connectivity index (χ1v) is 12.3. The topological polar surface area (TPSA) is 26.3 Å². The molecule has 0 bridgehead atoms. The molecule has 0 amide bonds. The highest BCUT2D eigenvalue weighted by molar-refractivity contribution is 5.75. The van der Waals surface area contributed by atoms with E-state index in [1.54, 1.807) is 0 Å². The molecule has 5 heteroatoms. The summed E-state index contributed by atoms with van der Waals surface area (Å²) < 4.78 is 45.3. The molecule has 0 aromatic heterocycles. The van der Waals surface area contributed by atoms with Crippen LogP contribution in [0.25, 0.3) is 0 Å². The highest BCUT2D eigenvalue weighted by Gasteiger charge is 2.39. The van der Waals surface area contributed by atoms with Gasteiger partial charge >= 0.3 is 5.97 Å². The van der Waals surface area contributed by atoms with Gasteiger partial charge in [-0.15, -0.1) is 0 Å². The maximum atomic E-state index is 13.8. The first kappa shape index (κ1) is 22.7. The van der Waals surface area contributed by atoms with E-state index in [0.29, 0.717) is 5.92 Å². The van der Waals surface area contributed by atoms with Gasteiger partial charge in [0.05, 0.1) is 5.92 Å². The molecule has 1 aromatic carbocycles. The molecule has 0 radical (unpaired) electrons. The second-order valence-electron chi connectivity index (χ2n) is 10.3. The summed E-state index contributed by atoms with van der Waals surface area (Å²) >= 11 is 0. The van der Waals surface area contributed by atoms with Gasteiger partial charge in [-0.2, -0.15) is 4.39 Å². The second kappa shape index (κ2) is 9.95. The summed E-state index contributed by atoms with van der Waals surface area (Å²) in [6.07, 6.45) is 14.4. The van der Waals surface area contributed by atoms with Crippen LogP contribution in [0.15, 0.2) is 12.1 Å². The molecule has 4 unspecified atom stereocenters. The smallest absolute Gasteiger partial charge is 0.314 e. The maximum Gasteiger partial charge on any atom is 0.314 e. The lowest BCUT2D eigenvalue weighted by atomic mass is 9.60. The van der Waals surface area contributed by atoms with Gasteiger partial charge in [-0.25, -0.2) is 8.78 Å². The molecule has 2 nitrogen and oxygen atoms in total. The number of esters is 1. The molecule has 0 spiro atoms. The summed E-state index contributed by atoms with van der Waals surface area (Å²) in [4.78, 5) is 12.5. The first-order valence-electron chi connectivity index (χ1n) is 12.3. The minimum atomic E-state index is -1.60. The number of rotatable bonds is 5. The van der Waals surface area contributed by atoms with Gasteiger partial charge in [-0.05, 0) is 99.5 Å². The third-order valence-corrected chi connectivity index (χ3v) is 8.44. The number of carbonyl (C=O) groups is 1. The Bertz CT molecular complexity index is 772. The van der Waals surface area contributed by atoms with Crippen molar-refractivity contribution in [1.29, 1.82) is 0 Å². The fourth-order valence-corrected chi connectivity index (χ4v) is 6.73. The van der Waals surface area contributed by atoms with Crippen LogP contribution in [0.2, 0.25) is 0 Å². The molecule has 3 aliphatic rings. The van der Waals surface area contributed by atoms with Crippen molar-refractivity contribution >= 4 is 5.97 Å². The Morgan fingerprint density at radius 2 is 1.45 bits per heavy atom. The Balaban J connectivity index is 1.26. The van der Waals surface area contributed by atoms with E-state index in [0.717, 1.165) is 61.5 Å². The van der Waals surface area contributed by atoms with Crippen LogP contribution in [0, 0.1) is 53.0 Å². The van der Waals surface area contributed by atoms with Crippen molar-refractivity contribution in [2.24, 2.45) is 35.5 Å². The summed E-state index contributed by atoms with van der Waals surface area (Å²) in [5.41, 5.74) is 0. The van der Waals surface area contributed by atoms with Gasteiger partial charge in [-0.1, -0.05) is 26.2 Å². The fourth-order valence-electron chi connectivity index (χ4n) is 6.73. The molecule has 172 valence electrons. The number of fused-ring (bicyclic) bond motifs is 1. The van der Waals surface area contributed by atoms with Crippen molar-refractivity contribution in [2.45, 2.75) is 84.0 Å². The Labute approximate surface area is 183 Å². The van der Waals surface area contributed by atoms with Crippen molar-refractivity contribution in [2.75, 3.05) is 0 Å². The normalized spacial score (nSPS) is 33.5. The highest BCUT2D eigenvalue weighted by Crippen LogP contribution is 2.49. The van der Waals surface area contributed by atoms with E-state index < -0.39 is 29.2 Å². The van der Waals surface area contributed by atoms with E-state index in [9.17, 15) is 18.0 Å². The third kappa shape index (κ3) is 5.12. The van der Waals surface area contributed by atoms with E-state index >= 15 is 0 Å². The minimum Gasteiger partial charge on any atom is -0.423 e. The van der Waals surface area contributed by atoms with Crippen LogP contribution >= 0.6 is 0 Å². The Kier molecular flexibility index (Phi) is 7.28. The molecule has 0 aliphatic heterocycles. The van der Waals surface area contributed by atoms with E-state index in [2.05, 4.69) is 6.92 Å². The van der Waals surface area contributed by atoms with E-state index in [1.807, 2.05) is 0 Å². The molecule has 4 rings (SSSR count). The van der Waals surface area contributed by atoms with Crippen molar-refractivity contribution in [3.8, 4) is 5.75 Å². The second-order valence-corrected chi connectivity index (χ2v) is 10.3. The summed E-state index contributed by atoms with van der Waals surface area (Å²) in [6, 6.07) is 1.76. The predicted octanol–water partition coefficient (Wildman–Crippen LogP) is 7.45. The van der Waals surface area contributed by atoms with Crippen LogP contribution < -0.4 is 4.74 Å². The van der Waals surface area contributed by atoms with Crippen LogP contribution in [0.5, 0.6) is 5.75 Å². The molecule has 0 saturated heterocycles. The van der Waals surface area contributed by atoms with E-state index in [1.165, 1.54) is 51.4 Å². The van der Waals surface area contributed by atoms with Gasteiger partial charge < -0.3 is 4.74 Å². The fraction of sp³-hybridized carbons (Fsp3) is 0.731. The molecular formula is C26H35F3O2. The third-order valence-electron chi connectivity index (χ3n) is 8.44. The van der Waals surface area contributed by atoms with Crippen molar-refractivity contribution < 1.29 is 22.7 Å². The number of hydrogen-bond acceptors (Lipinski definition) is 2. The maximum absolute atomic E-state index is 13.8. The molecule has 3 saturated carbocycles. The molecule has 4 atom stereocenters. The Hall–Kier alpha value is -1.52. The zero-order chi connectivity index (χ0) is 22.0. The van der Waals surface area contributed by atoms with Gasteiger partial charge in [0, 0.05) is 0 Å². The van der Waals surface area contributed by atoms with Gasteiger partial charge in [0.15, 0.2) is 17.4 Å². The van der Waals surface area contributed by atoms with E-state index in [-0.39, 0.29) is 5.92 Å². The van der Waals surface area contributed by atoms with Crippen LogP contribution in [-0.2, 0) is 4.79 Å². The molecule has 0 N–H and O–H groups in total. The zero-order valence-corrected chi connectivity index (χ0v) is 18.6. The summed E-state index contributed by atoms with van der Waals surface area (Å²) in [7, 11) is 0. The summed E-state index contributed by atoms with van der Waals surface area (Å²) in [6.45, 7) is 2.30. The molecule has 31 heavy (non-hydrogen) atoms. The Morgan fingerprint density at radius 3 is 2.16 bits per heavy atom. The molecule has 0 heterocycles. The van der Waals surface area contributed by atoms with Crippen molar-refractivity contribution in [1.82, 2.24) is 0 Å². The van der Waals surface area contributed by atoms with Crippen molar-refractivity contribution in [3.63, 3.8) is 0 Å². The van der Waals surface area contributed by atoms with Crippen molar-refractivity contribution in [3.05, 3.63) is 29.6 Å². The monoisotopic (exact) mass is 436 g/mol. The van der Waals surface area contributed by atoms with E-state index in [4.69, 9.17) is 4.74 Å². The minimum absolute atomic E-state index is 0.287. The number of hydrogen-bond donors (Lipinski definition) is 0. The molecule has 3 aliphatic carbocycles. The summed E-state index contributed by atoms with van der Waals surface area (Å²) in [5.74, 6) is -1.46. The number of halogens is 3. The van der Waals surface area contributed by atoms with Crippen LogP contribution in [0.1, 0.15) is 84.0 Å². The molecular weight excluding hydrogens is 401 g/mol. The van der Waals surface area contributed by atoms with Gasteiger partial charge in [0.2, 0.25) is 5.82 Å². The SMILES string of the molecule is CCCC1CCC2CC(C3CCC(C(=O)Oc4ccc(F)c(F)c4F)CC3)CCC2C1. The largest absolute Gasteiger partial charge is 0.423 e. The predicted molar refractivity (Wildman–Crippen MR) is 114 cm³/mol. The Morgan fingerprint density at radius 1 is 0.839 bits per heavy atom. The first-order chi connectivity index (χ1) is 15.0. The molecule has 3 fully saturated rings. The number of ether oxygens (including phenoxy) is 1. The lowest BCUT2D eigenvalue weighted by Gasteiger charge is -2.45. The molecule has 1 aromatic rings. The summed E-state index contributed by atoms with van der Waals surface area (Å²) in [5, 5.41) is 0. The van der Waals surface area contributed by atoms with Gasteiger partial charge in [0.1, 0.15) is 0 Å². The average Bonchev–Trinajstić information content (AvgIpc) is 2.79. The van der Waals surface area contributed by atoms with Gasteiger partial charge in [0.25, 0.3) is 0 Å². The van der Waals surface area contributed by atoms with Crippen LogP contribution in [0.4, 0.5) is 13.2 Å². The number of benzene rings is 1. The van der Waals surface area contributed by atoms with Crippen LogP contribution in [-0.4, -0.2) is 5.97 Å². The highest BCUT2D eigenvalue weighted by atomic mass is 19.2. The van der Waals surface area contributed by atoms with Gasteiger partial charge in [-0.3, -0.25) is 4.79 Å². The lowest BCUT2D eigenvalue weighted by Crippen LogP contribution is -2.35. The standard InChI is InChI=1S/C26H35F3O2/c1-2-3-16-4-5-21-15-20(11-10-19(21)14-16)17-6-8-18(9-7-17)26(30)31-23-13-12-22(27)24(28)25(23)29/h12-13,16-21H,2-11,14-15H2,1H3. The number of carbonyl (C=O) groups excluding carboxylic acids is 1. The zero-order valence-electron chi connectivity index (χ0n) is 18.6. The van der Waals surface area contributed by atoms with Crippen LogP contribution in [0.3, 0.4) is 0 Å². The average molecular weight is 437 g/mol. The quantitative estimate of drug-likeness (QED) is 0.272.